The van der Waals surface area contributed by atoms with E-state index in [4.69, 9.17) is 4.98 Å². The lowest BCUT2D eigenvalue weighted by Gasteiger charge is -2.14. The third-order valence-corrected chi connectivity index (χ3v) is 6.49. The van der Waals surface area contributed by atoms with Gasteiger partial charge in [-0.2, -0.15) is 0 Å². The third-order valence-electron chi connectivity index (χ3n) is 5.73. The van der Waals surface area contributed by atoms with E-state index in [2.05, 4.69) is 23.5 Å². The number of carbonyl (C=O) groups excluding carboxylic acids is 2. The zero-order chi connectivity index (χ0) is 22.4. The summed E-state index contributed by atoms with van der Waals surface area (Å²) < 4.78 is 0. The Labute approximate surface area is 210 Å². The van der Waals surface area contributed by atoms with Crippen molar-refractivity contribution in [1.29, 1.82) is 0 Å². The fourth-order valence-corrected chi connectivity index (χ4v) is 4.87. The van der Waals surface area contributed by atoms with Crippen molar-refractivity contribution in [3.05, 3.63) is 108 Å². The lowest BCUT2D eigenvalue weighted by Crippen LogP contribution is -2.29. The molecule has 4 aromatic carbocycles. The molecule has 0 bridgehead atoms. The van der Waals surface area contributed by atoms with Crippen molar-refractivity contribution in [3.8, 4) is 11.3 Å². The van der Waals surface area contributed by atoms with E-state index in [0.29, 0.717) is 16.8 Å². The molecule has 0 fully saturated rings. The maximum Gasteiger partial charge on any atom is 0.266 e. The molecule has 0 aliphatic carbocycles. The SMILES string of the molecule is Br.O=C1c2ccccc2C(=O)N1c1cccc(-c2csc(Nc3cccc4ccccc34)n2)c1. The Balaban J connectivity index is 0.00000241. The first-order valence-corrected chi connectivity index (χ1v) is 11.4. The molecule has 0 spiro atoms. The van der Waals surface area contributed by atoms with Crippen LogP contribution in [-0.2, 0) is 0 Å². The molecule has 5 nitrogen and oxygen atoms in total. The topological polar surface area (TPSA) is 62.3 Å². The van der Waals surface area contributed by atoms with Gasteiger partial charge in [-0.05, 0) is 35.7 Å². The molecule has 0 atom stereocenters. The van der Waals surface area contributed by atoms with Gasteiger partial charge in [0.1, 0.15) is 0 Å². The zero-order valence-electron chi connectivity index (χ0n) is 17.8. The van der Waals surface area contributed by atoms with Gasteiger partial charge >= 0.3 is 0 Å². The van der Waals surface area contributed by atoms with Gasteiger partial charge in [-0.25, -0.2) is 9.88 Å². The smallest absolute Gasteiger partial charge is 0.266 e. The maximum absolute atomic E-state index is 12.9. The van der Waals surface area contributed by atoms with E-state index in [1.54, 1.807) is 30.3 Å². The van der Waals surface area contributed by atoms with Crippen LogP contribution in [0.15, 0.2) is 96.4 Å². The number of nitrogens with zero attached hydrogens (tertiary/aromatic N) is 2. The first kappa shape index (κ1) is 22.0. The molecule has 1 aliphatic rings. The molecule has 0 unspecified atom stereocenters. The molecule has 1 aromatic heterocycles. The highest BCUT2D eigenvalue weighted by molar-refractivity contribution is 8.93. The van der Waals surface area contributed by atoms with E-state index in [1.165, 1.54) is 16.2 Å². The molecule has 34 heavy (non-hydrogen) atoms. The average Bonchev–Trinajstić information content (AvgIpc) is 3.42. The lowest BCUT2D eigenvalue weighted by molar-refractivity contribution is 0.0926. The number of nitrogens with one attached hydrogen (secondary N) is 1. The van der Waals surface area contributed by atoms with Gasteiger partial charge in [-0.3, -0.25) is 9.59 Å². The zero-order valence-corrected chi connectivity index (χ0v) is 20.3. The molecule has 0 saturated heterocycles. The second-order valence-corrected chi connectivity index (χ2v) is 8.59. The van der Waals surface area contributed by atoms with Crippen LogP contribution in [-0.4, -0.2) is 16.8 Å². The quantitative estimate of drug-likeness (QED) is 0.253. The monoisotopic (exact) mass is 527 g/mol. The molecule has 1 N–H and O–H groups in total. The Morgan fingerprint density at radius 2 is 1.44 bits per heavy atom. The number of halogens is 1. The van der Waals surface area contributed by atoms with Crippen LogP contribution in [0.1, 0.15) is 20.7 Å². The number of benzene rings is 4. The van der Waals surface area contributed by atoms with Gasteiger partial charge in [-0.15, -0.1) is 28.3 Å². The van der Waals surface area contributed by atoms with Crippen LogP contribution in [0.2, 0.25) is 0 Å². The highest BCUT2D eigenvalue weighted by Gasteiger charge is 2.36. The summed E-state index contributed by atoms with van der Waals surface area (Å²) in [5, 5.41) is 8.45. The summed E-state index contributed by atoms with van der Waals surface area (Å²) >= 11 is 1.51. The molecule has 6 rings (SSSR count). The molecule has 2 heterocycles. The number of anilines is 3. The number of thiazole rings is 1. The molecular formula is C27H18BrN3O2S. The highest BCUT2D eigenvalue weighted by atomic mass is 79.9. The molecule has 2 amide bonds. The van der Waals surface area contributed by atoms with Gasteiger partial charge in [0, 0.05) is 22.0 Å². The molecule has 7 heteroatoms. The first-order valence-electron chi connectivity index (χ1n) is 10.5. The van der Waals surface area contributed by atoms with Crippen molar-refractivity contribution in [2.75, 3.05) is 10.2 Å². The number of carbonyl (C=O) groups is 2. The third kappa shape index (κ3) is 3.69. The van der Waals surface area contributed by atoms with Crippen LogP contribution < -0.4 is 10.2 Å². The summed E-state index contributed by atoms with van der Waals surface area (Å²) in [7, 11) is 0. The number of amides is 2. The van der Waals surface area contributed by atoms with Gasteiger partial charge in [-0.1, -0.05) is 60.7 Å². The normalized spacial score (nSPS) is 12.5. The number of aromatic nitrogens is 1. The minimum Gasteiger partial charge on any atom is -0.331 e. The summed E-state index contributed by atoms with van der Waals surface area (Å²) in [6, 6.07) is 28.6. The number of rotatable bonds is 4. The van der Waals surface area contributed by atoms with Gasteiger partial charge < -0.3 is 5.32 Å². The summed E-state index contributed by atoms with van der Waals surface area (Å²) in [5.74, 6) is -0.603. The van der Waals surface area contributed by atoms with Crippen LogP contribution in [0.3, 0.4) is 0 Å². The Morgan fingerprint density at radius 3 is 2.24 bits per heavy atom. The van der Waals surface area contributed by atoms with Crippen molar-refractivity contribution in [3.63, 3.8) is 0 Å². The molecule has 0 radical (unpaired) electrons. The van der Waals surface area contributed by atoms with Crippen LogP contribution in [0.25, 0.3) is 22.0 Å². The van der Waals surface area contributed by atoms with E-state index in [-0.39, 0.29) is 28.8 Å². The first-order chi connectivity index (χ1) is 16.2. The summed E-state index contributed by atoms with van der Waals surface area (Å²) in [4.78, 5) is 31.7. The molecule has 5 aromatic rings. The summed E-state index contributed by atoms with van der Waals surface area (Å²) in [5.41, 5.74) is 4.02. The number of fused-ring (bicyclic) bond motifs is 2. The second kappa shape index (κ2) is 8.85. The summed E-state index contributed by atoms with van der Waals surface area (Å²) in [6.07, 6.45) is 0. The highest BCUT2D eigenvalue weighted by Crippen LogP contribution is 2.34. The van der Waals surface area contributed by atoms with E-state index in [9.17, 15) is 9.59 Å². The predicted molar refractivity (Wildman–Crippen MR) is 143 cm³/mol. The van der Waals surface area contributed by atoms with Crippen LogP contribution in [0.5, 0.6) is 0 Å². The number of imide groups is 1. The van der Waals surface area contributed by atoms with Crippen molar-refractivity contribution >= 4 is 67.4 Å². The predicted octanol–water partition coefficient (Wildman–Crippen LogP) is 7.09. The van der Waals surface area contributed by atoms with E-state index >= 15 is 0 Å². The Hall–Kier alpha value is -3.81. The van der Waals surface area contributed by atoms with Crippen LogP contribution >= 0.6 is 28.3 Å². The van der Waals surface area contributed by atoms with E-state index in [0.717, 1.165) is 32.8 Å². The van der Waals surface area contributed by atoms with Gasteiger partial charge in [0.25, 0.3) is 11.8 Å². The van der Waals surface area contributed by atoms with Gasteiger partial charge in [0.05, 0.1) is 22.5 Å². The minimum atomic E-state index is -0.302. The van der Waals surface area contributed by atoms with Gasteiger partial charge in [0.15, 0.2) is 5.13 Å². The van der Waals surface area contributed by atoms with Crippen LogP contribution in [0.4, 0.5) is 16.5 Å². The van der Waals surface area contributed by atoms with Crippen molar-refractivity contribution in [2.45, 2.75) is 0 Å². The Morgan fingerprint density at radius 1 is 0.765 bits per heavy atom. The fourth-order valence-electron chi connectivity index (χ4n) is 4.14. The molecule has 166 valence electrons. The Bertz CT molecular complexity index is 1520. The van der Waals surface area contributed by atoms with E-state index in [1.807, 2.05) is 47.8 Å². The van der Waals surface area contributed by atoms with Crippen molar-refractivity contribution in [2.24, 2.45) is 0 Å². The molecule has 0 saturated carbocycles. The largest absolute Gasteiger partial charge is 0.331 e. The maximum atomic E-state index is 12.9. The van der Waals surface area contributed by atoms with E-state index < -0.39 is 0 Å². The lowest BCUT2D eigenvalue weighted by atomic mass is 10.1. The number of hydrogen-bond donors (Lipinski definition) is 1. The van der Waals surface area contributed by atoms with Crippen molar-refractivity contribution < 1.29 is 9.59 Å². The van der Waals surface area contributed by atoms with Crippen molar-refractivity contribution in [1.82, 2.24) is 4.98 Å². The Kier molecular flexibility index (Phi) is 5.73. The fraction of sp³-hybridized carbons (Fsp3) is 0. The summed E-state index contributed by atoms with van der Waals surface area (Å²) in [6.45, 7) is 0. The molecular weight excluding hydrogens is 510 g/mol. The van der Waals surface area contributed by atoms with Gasteiger partial charge in [0.2, 0.25) is 0 Å². The number of hydrogen-bond acceptors (Lipinski definition) is 5. The average molecular weight is 528 g/mol. The van der Waals surface area contributed by atoms with Crippen LogP contribution in [0, 0.1) is 0 Å². The second-order valence-electron chi connectivity index (χ2n) is 7.73. The minimum absolute atomic E-state index is 0. The molecule has 1 aliphatic heterocycles. The standard InChI is InChI=1S/C27H17N3O2S.BrH/c31-25-21-12-3-4-13-22(21)26(32)30(25)19-10-5-9-18(15-19)24-16-33-27(29-24)28-23-14-6-8-17-7-1-2-11-20(17)23;/h1-16H,(H,28,29);1H.